The molecule has 1 aliphatic heterocycles. The molecule has 10 heteroatoms. The van der Waals surface area contributed by atoms with E-state index in [-0.39, 0.29) is 23.0 Å². The number of rotatable bonds is 5. The Kier molecular flexibility index (Phi) is 6.38. The number of anilines is 1. The number of carbonyl (C=O) groups is 2. The second-order valence-corrected chi connectivity index (χ2v) is 7.92. The van der Waals surface area contributed by atoms with Gasteiger partial charge in [0.2, 0.25) is 5.91 Å². The number of imide groups is 1. The summed E-state index contributed by atoms with van der Waals surface area (Å²) in [6.45, 7) is 2.45. The largest absolute Gasteiger partial charge is 0.366 e. The van der Waals surface area contributed by atoms with E-state index in [1.165, 1.54) is 4.68 Å². The maximum atomic E-state index is 12.7. The number of amides is 2. The summed E-state index contributed by atoms with van der Waals surface area (Å²) < 4.78 is 2.93. The first-order chi connectivity index (χ1) is 15.4. The Hall–Kier alpha value is -3.43. The molecule has 3 aromatic rings. The van der Waals surface area contributed by atoms with Crippen molar-refractivity contribution in [2.24, 2.45) is 7.05 Å². The van der Waals surface area contributed by atoms with Crippen LogP contribution in [0.4, 0.5) is 5.69 Å². The highest BCUT2D eigenvalue weighted by Crippen LogP contribution is 2.23. The fraction of sp³-hybridized carbons (Fsp3) is 0.273. The number of hydrogen-bond donors (Lipinski definition) is 1. The van der Waals surface area contributed by atoms with Crippen LogP contribution in [0, 0.1) is 0 Å². The van der Waals surface area contributed by atoms with E-state index in [0.29, 0.717) is 43.2 Å². The van der Waals surface area contributed by atoms with E-state index in [4.69, 9.17) is 11.6 Å². The molecular weight excluding hydrogens is 432 g/mol. The molecule has 4 rings (SSSR count). The van der Waals surface area contributed by atoms with E-state index in [9.17, 15) is 14.4 Å². The topological polar surface area (TPSA) is 92.5 Å². The van der Waals surface area contributed by atoms with Gasteiger partial charge in [-0.1, -0.05) is 29.8 Å². The minimum Gasteiger partial charge on any atom is -0.366 e. The minimum absolute atomic E-state index is 0.114. The lowest BCUT2D eigenvalue weighted by Gasteiger charge is -2.35. The Morgan fingerprint density at radius 2 is 1.78 bits per heavy atom. The zero-order valence-corrected chi connectivity index (χ0v) is 18.3. The summed E-state index contributed by atoms with van der Waals surface area (Å²) in [5, 5.41) is 6.81. The number of piperazine rings is 1. The zero-order valence-electron chi connectivity index (χ0n) is 17.6. The Morgan fingerprint density at radius 1 is 1.06 bits per heavy atom. The molecule has 0 radical (unpaired) electrons. The van der Waals surface area contributed by atoms with Crippen molar-refractivity contribution < 1.29 is 9.59 Å². The molecule has 1 aromatic carbocycles. The lowest BCUT2D eigenvalue weighted by molar-refractivity contribution is -0.121. The first-order valence-electron chi connectivity index (χ1n) is 10.2. The average molecular weight is 455 g/mol. The quantitative estimate of drug-likeness (QED) is 0.624. The lowest BCUT2D eigenvalue weighted by atomic mass is 10.2. The van der Waals surface area contributed by atoms with Gasteiger partial charge in [-0.05, 0) is 24.3 Å². The molecule has 32 heavy (non-hydrogen) atoms. The van der Waals surface area contributed by atoms with Crippen LogP contribution in [0.15, 0.2) is 59.7 Å². The molecule has 0 saturated carbocycles. The molecule has 1 aliphatic rings. The van der Waals surface area contributed by atoms with Crippen molar-refractivity contribution >= 4 is 29.1 Å². The average Bonchev–Trinajstić information content (AvgIpc) is 3.23. The summed E-state index contributed by atoms with van der Waals surface area (Å²) in [4.78, 5) is 41.1. The molecule has 0 atom stereocenters. The van der Waals surface area contributed by atoms with E-state index in [1.807, 2.05) is 28.0 Å². The van der Waals surface area contributed by atoms with Gasteiger partial charge in [0.15, 0.2) is 0 Å². The maximum Gasteiger partial charge on any atom is 0.292 e. The van der Waals surface area contributed by atoms with Gasteiger partial charge in [0, 0.05) is 39.4 Å². The molecule has 2 aromatic heterocycles. The van der Waals surface area contributed by atoms with Crippen molar-refractivity contribution in [3.63, 3.8) is 0 Å². The predicted octanol–water partition coefficient (Wildman–Crippen LogP) is 1.30. The normalized spacial score (nSPS) is 14.4. The summed E-state index contributed by atoms with van der Waals surface area (Å²) in [6, 6.07) is 12.5. The minimum atomic E-state index is -0.419. The monoisotopic (exact) mass is 454 g/mol. The molecule has 1 saturated heterocycles. The van der Waals surface area contributed by atoms with E-state index < -0.39 is 5.91 Å². The molecule has 3 heterocycles. The predicted molar refractivity (Wildman–Crippen MR) is 121 cm³/mol. The summed E-state index contributed by atoms with van der Waals surface area (Å²) >= 11 is 6.39. The van der Waals surface area contributed by atoms with Gasteiger partial charge >= 0.3 is 0 Å². The summed E-state index contributed by atoms with van der Waals surface area (Å²) in [6.07, 6.45) is 3.34. The van der Waals surface area contributed by atoms with Gasteiger partial charge in [-0.2, -0.15) is 9.78 Å². The third-order valence-electron chi connectivity index (χ3n) is 5.41. The highest BCUT2D eigenvalue weighted by Gasteiger charge is 2.23. The van der Waals surface area contributed by atoms with Crippen molar-refractivity contribution in [2.45, 2.75) is 0 Å². The van der Waals surface area contributed by atoms with Crippen molar-refractivity contribution in [3.05, 3.63) is 75.9 Å². The zero-order chi connectivity index (χ0) is 22.7. The van der Waals surface area contributed by atoms with Crippen LogP contribution in [0.5, 0.6) is 0 Å². The Bertz CT molecular complexity index is 1180. The SMILES string of the molecule is Cn1cccc1C(=O)NC(=O)CN1CCN(c2cnn(-c3ccccc3)c(=O)c2Cl)CC1. The lowest BCUT2D eigenvalue weighted by Crippen LogP contribution is -2.50. The van der Waals surface area contributed by atoms with Crippen LogP contribution in [0.2, 0.25) is 5.02 Å². The van der Waals surface area contributed by atoms with E-state index >= 15 is 0 Å². The van der Waals surface area contributed by atoms with Gasteiger partial charge in [0.05, 0.1) is 24.1 Å². The molecule has 1 N–H and O–H groups in total. The van der Waals surface area contributed by atoms with E-state index in [0.717, 1.165) is 0 Å². The highest BCUT2D eigenvalue weighted by molar-refractivity contribution is 6.33. The van der Waals surface area contributed by atoms with Crippen LogP contribution in [0.25, 0.3) is 5.69 Å². The summed E-state index contributed by atoms with van der Waals surface area (Å²) in [5.74, 6) is -0.771. The molecule has 166 valence electrons. The third-order valence-corrected chi connectivity index (χ3v) is 5.77. The molecule has 9 nitrogen and oxygen atoms in total. The maximum absolute atomic E-state index is 12.7. The Morgan fingerprint density at radius 3 is 2.44 bits per heavy atom. The number of aromatic nitrogens is 3. The number of halogens is 1. The van der Waals surface area contributed by atoms with Crippen molar-refractivity contribution in [2.75, 3.05) is 37.6 Å². The van der Waals surface area contributed by atoms with Crippen molar-refractivity contribution in [1.82, 2.24) is 24.6 Å². The second kappa shape index (κ2) is 9.37. The molecule has 0 unspecified atom stereocenters. The Labute approximate surface area is 189 Å². The van der Waals surface area contributed by atoms with Crippen LogP contribution in [-0.4, -0.2) is 63.8 Å². The first kappa shape index (κ1) is 21.8. The number of para-hydroxylation sites is 1. The molecule has 0 spiro atoms. The summed E-state index contributed by atoms with van der Waals surface area (Å²) in [5.41, 5.74) is 1.27. The number of hydrogen-bond acceptors (Lipinski definition) is 6. The van der Waals surface area contributed by atoms with Gasteiger partial charge < -0.3 is 9.47 Å². The van der Waals surface area contributed by atoms with Gasteiger partial charge in [-0.3, -0.25) is 24.6 Å². The van der Waals surface area contributed by atoms with Crippen LogP contribution < -0.4 is 15.8 Å². The number of nitrogens with one attached hydrogen (secondary N) is 1. The van der Waals surface area contributed by atoms with Gasteiger partial charge in [0.25, 0.3) is 11.5 Å². The smallest absolute Gasteiger partial charge is 0.292 e. The highest BCUT2D eigenvalue weighted by atomic mass is 35.5. The van der Waals surface area contributed by atoms with Gasteiger partial charge in [0.1, 0.15) is 10.7 Å². The summed E-state index contributed by atoms with van der Waals surface area (Å²) in [7, 11) is 1.75. The first-order valence-corrected chi connectivity index (χ1v) is 10.6. The Balaban J connectivity index is 1.35. The fourth-order valence-corrected chi connectivity index (χ4v) is 3.92. The molecular formula is C22H23ClN6O3. The van der Waals surface area contributed by atoms with Crippen LogP contribution in [0.3, 0.4) is 0 Å². The number of benzene rings is 1. The number of carbonyl (C=O) groups excluding carboxylic acids is 2. The van der Waals surface area contributed by atoms with Gasteiger partial charge in [-0.15, -0.1) is 0 Å². The van der Waals surface area contributed by atoms with Gasteiger partial charge in [-0.25, -0.2) is 0 Å². The van der Waals surface area contributed by atoms with E-state index in [1.54, 1.807) is 48.3 Å². The fourth-order valence-electron chi connectivity index (χ4n) is 3.67. The number of aryl methyl sites for hydroxylation is 1. The van der Waals surface area contributed by atoms with Crippen molar-refractivity contribution in [1.29, 1.82) is 0 Å². The standard InChI is InChI=1S/C22H23ClN6O3/c1-26-9-5-8-17(26)21(31)25-19(30)15-27-10-12-28(13-11-27)18-14-24-29(22(32)20(18)23)16-6-3-2-4-7-16/h2-9,14H,10-13,15H2,1H3,(H,25,30,31). The van der Waals surface area contributed by atoms with E-state index in [2.05, 4.69) is 10.4 Å². The second-order valence-electron chi connectivity index (χ2n) is 7.54. The molecule has 1 fully saturated rings. The molecule has 2 amide bonds. The third kappa shape index (κ3) is 4.58. The van der Waals surface area contributed by atoms with Crippen molar-refractivity contribution in [3.8, 4) is 5.69 Å². The van der Waals surface area contributed by atoms with Crippen LogP contribution >= 0.6 is 11.6 Å². The number of nitrogens with zero attached hydrogens (tertiary/aromatic N) is 5. The van der Waals surface area contributed by atoms with Crippen LogP contribution in [-0.2, 0) is 11.8 Å². The molecule has 0 bridgehead atoms. The molecule has 0 aliphatic carbocycles. The van der Waals surface area contributed by atoms with Crippen LogP contribution in [0.1, 0.15) is 10.5 Å².